The summed E-state index contributed by atoms with van der Waals surface area (Å²) in [6, 6.07) is 25.8. The van der Waals surface area contributed by atoms with Gasteiger partial charge in [0.05, 0.1) is 23.3 Å². The zero-order chi connectivity index (χ0) is 28.0. The third kappa shape index (κ3) is 5.14. The van der Waals surface area contributed by atoms with Crippen molar-refractivity contribution in [3.05, 3.63) is 96.1 Å². The van der Waals surface area contributed by atoms with E-state index in [1.807, 2.05) is 84.9 Å². The molecule has 0 aliphatic heterocycles. The number of carbonyl (C=O) groups is 2. The minimum atomic E-state index is -1.29. The van der Waals surface area contributed by atoms with Crippen molar-refractivity contribution in [1.82, 2.24) is 10.6 Å². The van der Waals surface area contributed by atoms with E-state index in [1.165, 1.54) is 0 Å². The monoisotopic (exact) mass is 524 g/mol. The molecule has 4 N–H and O–H groups in total. The van der Waals surface area contributed by atoms with Gasteiger partial charge in [0, 0.05) is 0 Å². The summed E-state index contributed by atoms with van der Waals surface area (Å²) in [7, 11) is 0. The number of carbonyl (C=O) groups excluding carboxylic acids is 2. The fourth-order valence-electron chi connectivity index (χ4n) is 5.49. The molecular formula is C33H36N2O4. The largest absolute Gasteiger partial charge is 0.388 e. The number of benzene rings is 4. The molecule has 5 rings (SSSR count). The van der Waals surface area contributed by atoms with Crippen LogP contribution < -0.4 is 10.6 Å². The van der Waals surface area contributed by atoms with Gasteiger partial charge >= 0.3 is 0 Å². The molecule has 0 spiro atoms. The normalized spacial score (nSPS) is 16.5. The van der Waals surface area contributed by atoms with Crippen molar-refractivity contribution in [1.29, 1.82) is 0 Å². The van der Waals surface area contributed by atoms with Gasteiger partial charge in [-0.15, -0.1) is 0 Å². The van der Waals surface area contributed by atoms with E-state index in [0.717, 1.165) is 32.7 Å². The molecule has 0 bridgehead atoms. The fraction of sp³-hybridized carbons (Fsp3) is 0.333. The molecule has 1 aliphatic carbocycles. The first kappa shape index (κ1) is 26.9. The van der Waals surface area contributed by atoms with Gasteiger partial charge in [-0.25, -0.2) is 0 Å². The van der Waals surface area contributed by atoms with E-state index >= 15 is 0 Å². The molecule has 0 saturated heterocycles. The molecule has 0 heterocycles. The van der Waals surface area contributed by atoms with E-state index in [9.17, 15) is 19.8 Å². The third-order valence-corrected chi connectivity index (χ3v) is 7.85. The van der Waals surface area contributed by atoms with Crippen LogP contribution in [0.4, 0.5) is 0 Å². The molecule has 39 heavy (non-hydrogen) atoms. The SMILES string of the molecule is CC(C)(O)[C@@H](NC(=O)C1(C(=O)N[C@@H](c2cccc3ccccc23)C(C)(C)O)CC1)c1cccc2ccccc12. The molecular weight excluding hydrogens is 488 g/mol. The molecule has 2 amide bonds. The number of nitrogens with one attached hydrogen (secondary N) is 2. The second-order valence-electron chi connectivity index (χ2n) is 11.8. The van der Waals surface area contributed by atoms with Gasteiger partial charge in [0.15, 0.2) is 0 Å². The number of amides is 2. The Morgan fingerprint density at radius 3 is 1.36 bits per heavy atom. The maximum absolute atomic E-state index is 13.8. The van der Waals surface area contributed by atoms with E-state index in [0.29, 0.717) is 12.8 Å². The summed E-state index contributed by atoms with van der Waals surface area (Å²) >= 11 is 0. The third-order valence-electron chi connectivity index (χ3n) is 7.85. The summed E-state index contributed by atoms with van der Waals surface area (Å²) in [6.45, 7) is 6.63. The van der Waals surface area contributed by atoms with Gasteiger partial charge in [0.1, 0.15) is 5.41 Å². The number of fused-ring (bicyclic) bond motifs is 2. The Morgan fingerprint density at radius 2 is 1.00 bits per heavy atom. The second-order valence-corrected chi connectivity index (χ2v) is 11.8. The lowest BCUT2D eigenvalue weighted by Crippen LogP contribution is -2.51. The first-order chi connectivity index (χ1) is 18.4. The standard InChI is InChI=1S/C33H36N2O4/c1-31(2,38)27(25-17-9-13-21-11-5-7-15-23(21)25)34-29(36)33(19-20-33)30(37)35-28(32(3,4)39)26-18-10-14-22-12-6-8-16-24(22)26/h5-18,27-28,38-39H,19-20H2,1-4H3,(H,34,36)(H,35,37)/t27-,28-/m0/s1. The first-order valence-electron chi connectivity index (χ1n) is 13.4. The zero-order valence-corrected chi connectivity index (χ0v) is 22.9. The highest BCUT2D eigenvalue weighted by Crippen LogP contribution is 2.48. The predicted molar refractivity (Wildman–Crippen MR) is 154 cm³/mol. The molecule has 2 atom stereocenters. The Bertz CT molecular complexity index is 1420. The van der Waals surface area contributed by atoms with E-state index in [2.05, 4.69) is 10.6 Å². The van der Waals surface area contributed by atoms with Gasteiger partial charge in [-0.3, -0.25) is 9.59 Å². The summed E-state index contributed by atoms with van der Waals surface area (Å²) in [5.41, 5.74) is -2.26. The van der Waals surface area contributed by atoms with E-state index in [-0.39, 0.29) is 0 Å². The van der Waals surface area contributed by atoms with Crippen LogP contribution in [-0.2, 0) is 9.59 Å². The van der Waals surface area contributed by atoms with Crippen LogP contribution in [0, 0.1) is 5.41 Å². The smallest absolute Gasteiger partial charge is 0.236 e. The lowest BCUT2D eigenvalue weighted by Gasteiger charge is -2.34. The van der Waals surface area contributed by atoms with E-state index in [4.69, 9.17) is 0 Å². The molecule has 6 nitrogen and oxygen atoms in total. The number of hydrogen-bond donors (Lipinski definition) is 4. The number of rotatable bonds is 8. The Hall–Kier alpha value is -3.74. The Balaban J connectivity index is 1.44. The van der Waals surface area contributed by atoms with Gasteiger partial charge in [0.25, 0.3) is 0 Å². The van der Waals surface area contributed by atoms with Crippen LogP contribution in [-0.4, -0.2) is 33.2 Å². The van der Waals surface area contributed by atoms with Gasteiger partial charge < -0.3 is 20.8 Å². The van der Waals surface area contributed by atoms with Crippen molar-refractivity contribution in [2.75, 3.05) is 0 Å². The molecule has 4 aromatic rings. The summed E-state index contributed by atoms with van der Waals surface area (Å²) in [5.74, 6) is -0.847. The molecule has 0 radical (unpaired) electrons. The van der Waals surface area contributed by atoms with Crippen molar-refractivity contribution in [2.24, 2.45) is 5.41 Å². The van der Waals surface area contributed by atoms with Crippen LogP contribution in [0.2, 0.25) is 0 Å². The Labute approximate surface area is 229 Å². The minimum absolute atomic E-state index is 0.396. The lowest BCUT2D eigenvalue weighted by molar-refractivity contribution is -0.140. The maximum Gasteiger partial charge on any atom is 0.236 e. The molecule has 1 fully saturated rings. The molecule has 6 heteroatoms. The van der Waals surface area contributed by atoms with Crippen LogP contribution in [0.15, 0.2) is 84.9 Å². The van der Waals surface area contributed by atoms with Gasteiger partial charge in [-0.05, 0) is 73.2 Å². The Morgan fingerprint density at radius 1 is 0.641 bits per heavy atom. The highest BCUT2D eigenvalue weighted by atomic mass is 16.3. The summed E-state index contributed by atoms with van der Waals surface area (Å²) < 4.78 is 0. The molecule has 0 unspecified atom stereocenters. The van der Waals surface area contributed by atoms with Crippen LogP contribution in [0.25, 0.3) is 21.5 Å². The van der Waals surface area contributed by atoms with Crippen LogP contribution in [0.3, 0.4) is 0 Å². The van der Waals surface area contributed by atoms with Crippen molar-refractivity contribution >= 4 is 33.4 Å². The predicted octanol–water partition coefficient (Wildman–Crippen LogP) is 5.33. The number of aliphatic hydroxyl groups is 2. The average Bonchev–Trinajstić information content (AvgIpc) is 3.71. The van der Waals surface area contributed by atoms with Gasteiger partial charge in [-0.2, -0.15) is 0 Å². The lowest BCUT2D eigenvalue weighted by atomic mass is 9.87. The summed E-state index contributed by atoms with van der Waals surface area (Å²) in [6.07, 6.45) is 0.791. The second kappa shape index (κ2) is 9.78. The summed E-state index contributed by atoms with van der Waals surface area (Å²) in [4.78, 5) is 27.5. The van der Waals surface area contributed by atoms with Crippen LogP contribution in [0.5, 0.6) is 0 Å². The van der Waals surface area contributed by atoms with Crippen molar-refractivity contribution < 1.29 is 19.8 Å². The van der Waals surface area contributed by atoms with Crippen LogP contribution >= 0.6 is 0 Å². The number of hydrogen-bond acceptors (Lipinski definition) is 4. The van der Waals surface area contributed by atoms with Gasteiger partial charge in [0.2, 0.25) is 11.8 Å². The fourth-order valence-corrected chi connectivity index (χ4v) is 5.49. The maximum atomic E-state index is 13.8. The van der Waals surface area contributed by atoms with Crippen LogP contribution in [0.1, 0.15) is 63.7 Å². The van der Waals surface area contributed by atoms with Crippen molar-refractivity contribution in [2.45, 2.75) is 63.8 Å². The van der Waals surface area contributed by atoms with E-state index in [1.54, 1.807) is 27.7 Å². The molecule has 1 saturated carbocycles. The molecule has 4 aromatic carbocycles. The first-order valence-corrected chi connectivity index (χ1v) is 13.4. The average molecular weight is 525 g/mol. The highest BCUT2D eigenvalue weighted by Gasteiger charge is 2.58. The highest BCUT2D eigenvalue weighted by molar-refractivity contribution is 6.08. The van der Waals surface area contributed by atoms with Crippen molar-refractivity contribution in [3.8, 4) is 0 Å². The molecule has 202 valence electrons. The molecule has 0 aromatic heterocycles. The Kier molecular flexibility index (Phi) is 6.73. The molecule has 1 aliphatic rings. The summed E-state index contributed by atoms with van der Waals surface area (Å²) in [5, 5.41) is 32.1. The van der Waals surface area contributed by atoms with Crippen molar-refractivity contribution in [3.63, 3.8) is 0 Å². The topological polar surface area (TPSA) is 98.7 Å². The quantitative estimate of drug-likeness (QED) is 0.234. The van der Waals surface area contributed by atoms with E-state index < -0.39 is 40.5 Å². The van der Waals surface area contributed by atoms with Gasteiger partial charge in [-0.1, -0.05) is 84.9 Å². The zero-order valence-electron chi connectivity index (χ0n) is 22.9. The minimum Gasteiger partial charge on any atom is -0.388 e.